The molecule has 0 amide bonds. The number of hydrogen-bond donors (Lipinski definition) is 2. The maximum Gasteiger partial charge on any atom is 0.111 e. The molecule has 0 aliphatic heterocycles. The van der Waals surface area contributed by atoms with Crippen LogP contribution in [-0.2, 0) is 10.8 Å². The first kappa shape index (κ1) is 20.4. The van der Waals surface area contributed by atoms with E-state index in [0.29, 0.717) is 0 Å². The van der Waals surface area contributed by atoms with E-state index in [-0.39, 0.29) is 10.8 Å². The molecule has 2 N–H and O–H groups in total. The Hall–Kier alpha value is -3.47. The molecule has 2 aromatic carbocycles. The quantitative estimate of drug-likeness (QED) is 0.308. The SMILES string of the molecule is CC(C)(C)c1cc(-c2cc3cc4ccccc4cc3c(-c3cc(C(C)(C)C)[nH]n3)n2)n[nH]1. The van der Waals surface area contributed by atoms with Crippen LogP contribution in [0.1, 0.15) is 52.9 Å². The standard InChI is InChI=1S/C27H29N5/c1-26(2,3)23-14-21(29-31-23)20-13-18-11-16-9-7-8-10-17(16)12-19(18)25(28-20)22-15-24(32-30-22)27(4,5)6/h7-15H,1-6H3,(H,29,31)(H,30,32). The van der Waals surface area contributed by atoms with E-state index in [1.165, 1.54) is 10.8 Å². The summed E-state index contributed by atoms with van der Waals surface area (Å²) in [7, 11) is 0. The fraction of sp³-hybridized carbons (Fsp3) is 0.296. The highest BCUT2D eigenvalue weighted by Gasteiger charge is 2.21. The predicted octanol–water partition coefficient (Wildman–Crippen LogP) is 6.76. The minimum atomic E-state index is -0.0187. The third-order valence-corrected chi connectivity index (χ3v) is 5.97. The van der Waals surface area contributed by atoms with Crippen molar-refractivity contribution in [2.75, 3.05) is 0 Å². The van der Waals surface area contributed by atoms with Gasteiger partial charge in [-0.1, -0.05) is 65.8 Å². The fourth-order valence-electron chi connectivity index (χ4n) is 3.93. The molecular weight excluding hydrogens is 394 g/mol. The second-order valence-corrected chi connectivity index (χ2v) is 10.6. The molecule has 0 atom stereocenters. The first-order chi connectivity index (χ1) is 15.1. The molecule has 5 aromatic rings. The van der Waals surface area contributed by atoms with E-state index >= 15 is 0 Å². The Bertz CT molecular complexity index is 1440. The topological polar surface area (TPSA) is 70.2 Å². The highest BCUT2D eigenvalue weighted by Crippen LogP contribution is 2.35. The van der Waals surface area contributed by atoms with Gasteiger partial charge in [0, 0.05) is 27.6 Å². The minimum Gasteiger partial charge on any atom is -0.281 e. The van der Waals surface area contributed by atoms with Crippen molar-refractivity contribution < 1.29 is 0 Å². The van der Waals surface area contributed by atoms with Gasteiger partial charge in [-0.15, -0.1) is 0 Å². The summed E-state index contributed by atoms with van der Waals surface area (Å²) in [6, 6.07) is 19.2. The van der Waals surface area contributed by atoms with Gasteiger partial charge in [0.1, 0.15) is 11.4 Å². The van der Waals surface area contributed by atoms with Crippen LogP contribution in [0.5, 0.6) is 0 Å². The molecule has 5 nitrogen and oxygen atoms in total. The fourth-order valence-corrected chi connectivity index (χ4v) is 3.93. The summed E-state index contributed by atoms with van der Waals surface area (Å²) in [5.74, 6) is 0. The molecule has 0 aliphatic carbocycles. The second kappa shape index (κ2) is 7.02. The molecule has 0 fully saturated rings. The van der Waals surface area contributed by atoms with Gasteiger partial charge in [0.15, 0.2) is 0 Å². The van der Waals surface area contributed by atoms with Crippen LogP contribution < -0.4 is 0 Å². The summed E-state index contributed by atoms with van der Waals surface area (Å²) in [5, 5.41) is 20.3. The zero-order valence-electron chi connectivity index (χ0n) is 19.5. The van der Waals surface area contributed by atoms with Crippen molar-refractivity contribution in [1.82, 2.24) is 25.4 Å². The largest absolute Gasteiger partial charge is 0.281 e. The number of fused-ring (bicyclic) bond motifs is 2. The van der Waals surface area contributed by atoms with Crippen molar-refractivity contribution in [2.45, 2.75) is 52.4 Å². The lowest BCUT2D eigenvalue weighted by Gasteiger charge is -2.14. The summed E-state index contributed by atoms with van der Waals surface area (Å²) in [4.78, 5) is 5.07. The molecule has 0 saturated carbocycles. The zero-order valence-corrected chi connectivity index (χ0v) is 19.5. The molecule has 5 heteroatoms. The van der Waals surface area contributed by atoms with Crippen LogP contribution in [0, 0.1) is 0 Å². The number of H-pyrrole nitrogens is 2. The molecule has 5 rings (SSSR count). The predicted molar refractivity (Wildman–Crippen MR) is 132 cm³/mol. The number of nitrogens with zero attached hydrogens (tertiary/aromatic N) is 3. The Kier molecular flexibility index (Phi) is 4.48. The number of pyridine rings is 1. The van der Waals surface area contributed by atoms with Crippen molar-refractivity contribution in [3.63, 3.8) is 0 Å². The molecule has 0 bridgehead atoms. The van der Waals surface area contributed by atoms with Crippen molar-refractivity contribution in [1.29, 1.82) is 0 Å². The van der Waals surface area contributed by atoms with Crippen molar-refractivity contribution in [3.8, 4) is 22.8 Å². The first-order valence-electron chi connectivity index (χ1n) is 11.1. The van der Waals surface area contributed by atoms with Crippen molar-refractivity contribution in [3.05, 3.63) is 66.0 Å². The molecule has 0 aliphatic rings. The summed E-state index contributed by atoms with van der Waals surface area (Å²) in [6.07, 6.45) is 0. The van der Waals surface area contributed by atoms with E-state index in [1.54, 1.807) is 0 Å². The normalized spacial score (nSPS) is 12.7. The third-order valence-electron chi connectivity index (χ3n) is 5.97. The number of nitrogens with one attached hydrogen (secondary N) is 2. The van der Waals surface area contributed by atoms with E-state index in [1.807, 2.05) is 0 Å². The summed E-state index contributed by atoms with van der Waals surface area (Å²) < 4.78 is 0. The number of hydrogen-bond acceptors (Lipinski definition) is 3. The zero-order chi connectivity index (χ0) is 22.7. The van der Waals surface area contributed by atoms with Crippen LogP contribution in [0.4, 0.5) is 0 Å². The van der Waals surface area contributed by atoms with Crippen LogP contribution in [0.3, 0.4) is 0 Å². The van der Waals surface area contributed by atoms with Crippen LogP contribution in [-0.4, -0.2) is 25.4 Å². The maximum absolute atomic E-state index is 5.07. The first-order valence-corrected chi connectivity index (χ1v) is 11.1. The van der Waals surface area contributed by atoms with Crippen LogP contribution >= 0.6 is 0 Å². The molecule has 3 heterocycles. The van der Waals surface area contributed by atoms with Crippen LogP contribution in [0.25, 0.3) is 44.3 Å². The summed E-state index contributed by atoms with van der Waals surface area (Å²) in [6.45, 7) is 13.1. The molecule has 32 heavy (non-hydrogen) atoms. The highest BCUT2D eigenvalue weighted by atomic mass is 15.1. The second-order valence-electron chi connectivity index (χ2n) is 10.6. The van der Waals surface area contributed by atoms with E-state index in [4.69, 9.17) is 4.98 Å². The summed E-state index contributed by atoms with van der Waals surface area (Å²) >= 11 is 0. The average molecular weight is 424 g/mol. The van der Waals surface area contributed by atoms with Crippen molar-refractivity contribution >= 4 is 21.5 Å². The van der Waals surface area contributed by atoms with Gasteiger partial charge in [-0.2, -0.15) is 10.2 Å². The monoisotopic (exact) mass is 423 g/mol. The molecule has 0 radical (unpaired) electrons. The maximum atomic E-state index is 5.07. The highest BCUT2D eigenvalue weighted by molar-refractivity contribution is 6.04. The lowest BCUT2D eigenvalue weighted by molar-refractivity contribution is 0.566. The van der Waals surface area contributed by atoms with Gasteiger partial charge in [0.25, 0.3) is 0 Å². The minimum absolute atomic E-state index is 0.00899. The van der Waals surface area contributed by atoms with Gasteiger partial charge < -0.3 is 0 Å². The molecule has 0 saturated heterocycles. The molecule has 0 unspecified atom stereocenters. The van der Waals surface area contributed by atoms with E-state index in [9.17, 15) is 0 Å². The molecule has 3 aromatic heterocycles. The smallest absolute Gasteiger partial charge is 0.111 e. The lowest BCUT2D eigenvalue weighted by Crippen LogP contribution is -2.11. The number of aromatic amines is 2. The summed E-state index contributed by atoms with van der Waals surface area (Å²) in [5.41, 5.74) is 5.55. The Balaban J connectivity index is 1.77. The number of rotatable bonds is 2. The Morgan fingerprint density at radius 3 is 1.75 bits per heavy atom. The Labute approximate surface area is 188 Å². The Morgan fingerprint density at radius 2 is 1.16 bits per heavy atom. The van der Waals surface area contributed by atoms with Crippen LogP contribution in [0.15, 0.2) is 54.6 Å². The van der Waals surface area contributed by atoms with Gasteiger partial charge in [0.05, 0.1) is 11.4 Å². The van der Waals surface area contributed by atoms with Gasteiger partial charge >= 0.3 is 0 Å². The van der Waals surface area contributed by atoms with Crippen molar-refractivity contribution in [2.24, 2.45) is 0 Å². The number of aromatic nitrogens is 5. The molecular formula is C27H29N5. The van der Waals surface area contributed by atoms with E-state index in [0.717, 1.165) is 44.9 Å². The van der Waals surface area contributed by atoms with Gasteiger partial charge in [0.2, 0.25) is 0 Å². The number of benzene rings is 2. The van der Waals surface area contributed by atoms with E-state index in [2.05, 4.69) is 117 Å². The third kappa shape index (κ3) is 3.58. The van der Waals surface area contributed by atoms with Crippen LogP contribution in [0.2, 0.25) is 0 Å². The van der Waals surface area contributed by atoms with Gasteiger partial charge in [-0.25, -0.2) is 4.98 Å². The molecule has 0 spiro atoms. The lowest BCUT2D eigenvalue weighted by atomic mass is 9.91. The van der Waals surface area contributed by atoms with E-state index < -0.39 is 0 Å². The van der Waals surface area contributed by atoms with Gasteiger partial charge in [-0.05, 0) is 46.5 Å². The molecule has 162 valence electrons. The Morgan fingerprint density at radius 1 is 0.594 bits per heavy atom. The average Bonchev–Trinajstić information content (AvgIpc) is 3.41. The van der Waals surface area contributed by atoms with Gasteiger partial charge in [-0.3, -0.25) is 10.2 Å².